The summed E-state index contributed by atoms with van der Waals surface area (Å²) in [6.07, 6.45) is 1.97. The molecule has 0 saturated carbocycles. The zero-order valence-electron chi connectivity index (χ0n) is 17.2. The van der Waals surface area contributed by atoms with Crippen LogP contribution in [-0.2, 0) is 29.0 Å². The van der Waals surface area contributed by atoms with Crippen LogP contribution in [0.3, 0.4) is 0 Å². The molecule has 4 rings (SSSR count). The van der Waals surface area contributed by atoms with E-state index in [1.165, 1.54) is 36.3 Å². The fourth-order valence-corrected chi connectivity index (χ4v) is 3.75. The van der Waals surface area contributed by atoms with Gasteiger partial charge >= 0.3 is 5.97 Å². The van der Waals surface area contributed by atoms with Gasteiger partial charge in [0.25, 0.3) is 5.91 Å². The van der Waals surface area contributed by atoms with Gasteiger partial charge in [0.2, 0.25) is 0 Å². The Morgan fingerprint density at radius 2 is 1.81 bits per heavy atom. The molecule has 0 saturated heterocycles. The van der Waals surface area contributed by atoms with E-state index in [4.69, 9.17) is 9.47 Å². The first kappa shape index (κ1) is 20.6. The highest BCUT2D eigenvalue weighted by Crippen LogP contribution is 2.26. The van der Waals surface area contributed by atoms with Gasteiger partial charge in [0.15, 0.2) is 0 Å². The molecule has 0 radical (unpaired) electrons. The second-order valence-electron chi connectivity index (χ2n) is 7.30. The summed E-state index contributed by atoms with van der Waals surface area (Å²) >= 11 is 0. The molecule has 1 aliphatic heterocycles. The predicted octanol–water partition coefficient (Wildman–Crippen LogP) is 2.82. The van der Waals surface area contributed by atoms with Crippen LogP contribution in [-0.4, -0.2) is 46.6 Å². The molecule has 3 aromatic rings. The number of hydrogen-bond acceptors (Lipinski definition) is 5. The first-order valence-corrected chi connectivity index (χ1v) is 9.80. The molecule has 7 nitrogen and oxygen atoms in total. The van der Waals surface area contributed by atoms with Gasteiger partial charge in [-0.05, 0) is 42.0 Å². The molecule has 2 heterocycles. The molecule has 31 heavy (non-hydrogen) atoms. The van der Waals surface area contributed by atoms with Crippen molar-refractivity contribution in [3.8, 4) is 5.75 Å². The molecule has 1 atom stereocenters. The molecule has 0 fully saturated rings. The van der Waals surface area contributed by atoms with E-state index in [-0.39, 0.29) is 18.9 Å². The number of hydrogen-bond donors (Lipinski definition) is 0. The smallest absolute Gasteiger partial charge is 0.329 e. The first-order chi connectivity index (χ1) is 15.0. The largest absolute Gasteiger partial charge is 0.497 e. The number of nitrogens with zero attached hydrogens (tertiary/aromatic N) is 3. The fourth-order valence-electron chi connectivity index (χ4n) is 3.75. The van der Waals surface area contributed by atoms with Crippen LogP contribution in [0.1, 0.15) is 27.3 Å². The van der Waals surface area contributed by atoms with E-state index < -0.39 is 17.8 Å². The molecule has 0 bridgehead atoms. The Bertz CT molecular complexity index is 1090. The third-order valence-electron chi connectivity index (χ3n) is 5.45. The average Bonchev–Trinajstić information content (AvgIpc) is 3.19. The first-order valence-electron chi connectivity index (χ1n) is 9.80. The summed E-state index contributed by atoms with van der Waals surface area (Å²) in [7, 11) is 2.91. The van der Waals surface area contributed by atoms with Gasteiger partial charge in [0, 0.05) is 18.5 Å². The van der Waals surface area contributed by atoms with Crippen LogP contribution < -0.4 is 4.74 Å². The van der Waals surface area contributed by atoms with Gasteiger partial charge in [-0.2, -0.15) is 0 Å². The molecule has 1 aromatic heterocycles. The van der Waals surface area contributed by atoms with E-state index in [9.17, 15) is 14.0 Å². The minimum Gasteiger partial charge on any atom is -0.497 e. The van der Waals surface area contributed by atoms with E-state index >= 15 is 0 Å². The third-order valence-corrected chi connectivity index (χ3v) is 5.45. The second kappa shape index (κ2) is 8.59. The molecule has 0 N–H and O–H groups in total. The SMILES string of the molecule is COC(=O)[C@@H]1Cc2ncn(Cc3ccc(OC)cc3)c2CN1C(=O)c1ccc(F)cc1. The summed E-state index contributed by atoms with van der Waals surface area (Å²) in [5.74, 6) is -0.531. The Morgan fingerprint density at radius 3 is 2.45 bits per heavy atom. The Labute approximate surface area is 179 Å². The molecular weight excluding hydrogens is 401 g/mol. The maximum atomic E-state index is 13.3. The number of carbonyl (C=O) groups is 2. The van der Waals surface area contributed by atoms with Crippen molar-refractivity contribution < 1.29 is 23.5 Å². The van der Waals surface area contributed by atoms with Gasteiger partial charge in [-0.25, -0.2) is 14.2 Å². The molecule has 0 unspecified atom stereocenters. The topological polar surface area (TPSA) is 73.7 Å². The number of carbonyl (C=O) groups excluding carboxylic acids is 2. The van der Waals surface area contributed by atoms with E-state index in [1.807, 2.05) is 28.8 Å². The standard InChI is InChI=1S/C23H22FN3O4/c1-30-18-9-3-15(4-10-18)12-26-14-25-19-11-20(23(29)31-2)27(13-21(19)26)22(28)16-5-7-17(24)8-6-16/h3-10,14,20H,11-13H2,1-2H3/t20-/m0/s1. The molecule has 160 valence electrons. The quantitative estimate of drug-likeness (QED) is 0.590. The minimum atomic E-state index is -0.792. The van der Waals surface area contributed by atoms with Gasteiger partial charge in [-0.3, -0.25) is 4.79 Å². The lowest BCUT2D eigenvalue weighted by atomic mass is 10.0. The number of rotatable bonds is 5. The molecule has 1 amide bonds. The van der Waals surface area contributed by atoms with E-state index in [2.05, 4.69) is 4.98 Å². The monoisotopic (exact) mass is 423 g/mol. The van der Waals surface area contributed by atoms with Crippen molar-refractivity contribution in [2.75, 3.05) is 14.2 Å². The lowest BCUT2D eigenvalue weighted by Gasteiger charge is -2.34. The zero-order chi connectivity index (χ0) is 22.0. The summed E-state index contributed by atoms with van der Waals surface area (Å²) < 4.78 is 25.4. The van der Waals surface area contributed by atoms with Crippen molar-refractivity contribution in [1.82, 2.24) is 14.5 Å². The van der Waals surface area contributed by atoms with E-state index in [0.29, 0.717) is 12.1 Å². The Hall–Kier alpha value is -3.68. The molecule has 1 aliphatic rings. The van der Waals surface area contributed by atoms with Crippen LogP contribution in [0.15, 0.2) is 54.9 Å². The zero-order valence-corrected chi connectivity index (χ0v) is 17.2. The van der Waals surface area contributed by atoms with Gasteiger partial charge in [0.05, 0.1) is 38.5 Å². The van der Waals surface area contributed by atoms with Crippen molar-refractivity contribution in [3.63, 3.8) is 0 Å². The molecule has 0 aliphatic carbocycles. The summed E-state index contributed by atoms with van der Waals surface area (Å²) in [4.78, 5) is 31.5. The predicted molar refractivity (Wildman–Crippen MR) is 110 cm³/mol. The van der Waals surface area contributed by atoms with Gasteiger partial charge in [-0.1, -0.05) is 12.1 Å². The number of esters is 1. The lowest BCUT2D eigenvalue weighted by molar-refractivity contribution is -0.146. The van der Waals surface area contributed by atoms with E-state index in [0.717, 1.165) is 22.7 Å². The number of methoxy groups -OCH3 is 2. The summed E-state index contributed by atoms with van der Waals surface area (Å²) in [6, 6.07) is 12.2. The van der Waals surface area contributed by atoms with Crippen molar-refractivity contribution in [1.29, 1.82) is 0 Å². The average molecular weight is 423 g/mol. The van der Waals surface area contributed by atoms with Crippen LogP contribution >= 0.6 is 0 Å². The highest BCUT2D eigenvalue weighted by molar-refractivity contribution is 5.97. The number of aromatic nitrogens is 2. The Balaban J connectivity index is 1.63. The molecule has 8 heteroatoms. The molecule has 2 aromatic carbocycles. The highest BCUT2D eigenvalue weighted by atomic mass is 19.1. The Morgan fingerprint density at radius 1 is 1.10 bits per heavy atom. The summed E-state index contributed by atoms with van der Waals surface area (Å²) in [6.45, 7) is 0.759. The van der Waals surface area contributed by atoms with Crippen LogP contribution in [0.5, 0.6) is 5.75 Å². The lowest BCUT2D eigenvalue weighted by Crippen LogP contribution is -2.49. The maximum absolute atomic E-state index is 13.3. The van der Waals surface area contributed by atoms with Crippen molar-refractivity contribution in [2.45, 2.75) is 25.6 Å². The number of halogens is 1. The van der Waals surface area contributed by atoms with Crippen molar-refractivity contribution in [3.05, 3.63) is 83.2 Å². The van der Waals surface area contributed by atoms with Gasteiger partial charge in [0.1, 0.15) is 17.6 Å². The van der Waals surface area contributed by atoms with Gasteiger partial charge < -0.3 is 18.9 Å². The van der Waals surface area contributed by atoms with Crippen LogP contribution in [0, 0.1) is 5.82 Å². The third kappa shape index (κ3) is 4.14. The number of benzene rings is 2. The molecular formula is C23H22FN3O4. The summed E-state index contributed by atoms with van der Waals surface area (Å²) in [5.41, 5.74) is 2.96. The normalized spacial score (nSPS) is 15.3. The van der Waals surface area contributed by atoms with Crippen molar-refractivity contribution in [2.24, 2.45) is 0 Å². The molecule has 0 spiro atoms. The van der Waals surface area contributed by atoms with Crippen molar-refractivity contribution >= 4 is 11.9 Å². The number of amides is 1. The van der Waals surface area contributed by atoms with Crippen LogP contribution in [0.2, 0.25) is 0 Å². The maximum Gasteiger partial charge on any atom is 0.329 e. The summed E-state index contributed by atoms with van der Waals surface area (Å²) in [5, 5.41) is 0. The Kier molecular flexibility index (Phi) is 5.70. The minimum absolute atomic E-state index is 0.196. The van der Waals surface area contributed by atoms with Crippen LogP contribution in [0.4, 0.5) is 4.39 Å². The number of imidazole rings is 1. The number of ether oxygens (including phenoxy) is 2. The fraction of sp³-hybridized carbons (Fsp3) is 0.261. The van der Waals surface area contributed by atoms with Gasteiger partial charge in [-0.15, -0.1) is 0 Å². The number of fused-ring (bicyclic) bond motifs is 1. The van der Waals surface area contributed by atoms with Crippen LogP contribution in [0.25, 0.3) is 0 Å². The second-order valence-corrected chi connectivity index (χ2v) is 7.30. The van der Waals surface area contributed by atoms with E-state index in [1.54, 1.807) is 13.4 Å². The highest BCUT2D eigenvalue weighted by Gasteiger charge is 2.38.